The van der Waals surface area contributed by atoms with E-state index in [-0.39, 0.29) is 29.5 Å². The fraction of sp³-hybridized carbons (Fsp3) is 0.611. The van der Waals surface area contributed by atoms with E-state index in [9.17, 15) is 4.79 Å². The maximum Gasteiger partial charge on any atom is 0.494 e. The average Bonchev–Trinajstić information content (AvgIpc) is 2.57. The molecule has 0 N–H and O–H groups in total. The number of ketones is 1. The Morgan fingerprint density at radius 2 is 1.50 bits per heavy atom. The second-order valence-electron chi connectivity index (χ2n) is 7.70. The summed E-state index contributed by atoms with van der Waals surface area (Å²) in [6, 6.07) is 8.23. The van der Waals surface area contributed by atoms with Gasteiger partial charge in [-0.25, -0.2) is 0 Å². The third kappa shape index (κ3) is 2.24. The normalized spacial score (nSPS) is 24.9. The Kier molecular flexibility index (Phi) is 3.54. The molecule has 1 saturated heterocycles. The van der Waals surface area contributed by atoms with Gasteiger partial charge in [-0.2, -0.15) is 0 Å². The van der Waals surface area contributed by atoms with E-state index in [0.717, 1.165) is 30.3 Å². The molecule has 1 aromatic carbocycles. The largest absolute Gasteiger partial charge is 0.494 e. The molecule has 2 aliphatic rings. The van der Waals surface area contributed by atoms with Crippen LogP contribution in [0.25, 0.3) is 0 Å². The lowest BCUT2D eigenvalue weighted by Crippen LogP contribution is -2.41. The van der Waals surface area contributed by atoms with Crippen LogP contribution in [0, 0.1) is 0 Å². The lowest BCUT2D eigenvalue weighted by molar-refractivity contribution is -0.125. The zero-order chi connectivity index (χ0) is 16.2. The molecule has 22 heavy (non-hydrogen) atoms. The van der Waals surface area contributed by atoms with Crippen molar-refractivity contribution < 1.29 is 14.1 Å². The number of hydrogen-bond acceptors (Lipinski definition) is 3. The minimum absolute atomic E-state index is 0.242. The van der Waals surface area contributed by atoms with Crippen molar-refractivity contribution in [1.82, 2.24) is 0 Å². The first-order valence-corrected chi connectivity index (χ1v) is 8.15. The van der Waals surface area contributed by atoms with Crippen molar-refractivity contribution in [3.63, 3.8) is 0 Å². The Bertz CT molecular complexity index is 569. The lowest BCUT2D eigenvalue weighted by atomic mass is 9.62. The number of rotatable bonds is 3. The fourth-order valence-electron chi connectivity index (χ4n) is 3.31. The van der Waals surface area contributed by atoms with Crippen LogP contribution >= 0.6 is 0 Å². The second kappa shape index (κ2) is 4.94. The van der Waals surface area contributed by atoms with E-state index in [1.54, 1.807) is 6.92 Å². The Morgan fingerprint density at radius 3 is 1.86 bits per heavy atom. The van der Waals surface area contributed by atoms with Gasteiger partial charge in [0.25, 0.3) is 0 Å². The van der Waals surface area contributed by atoms with E-state index in [1.165, 1.54) is 0 Å². The molecule has 1 heterocycles. The Labute approximate surface area is 133 Å². The van der Waals surface area contributed by atoms with Crippen LogP contribution in [-0.4, -0.2) is 24.1 Å². The van der Waals surface area contributed by atoms with Crippen LogP contribution in [0.3, 0.4) is 0 Å². The van der Waals surface area contributed by atoms with Gasteiger partial charge in [-0.15, -0.1) is 0 Å². The fourth-order valence-corrected chi connectivity index (χ4v) is 3.31. The molecule has 1 aromatic rings. The standard InChI is InChI=1S/C18H25BO3/c1-13(20)18(11-6-12-18)14-7-9-15(10-8-14)19-21-16(2,3)17(4,5)22-19/h7-10H,6,11-12H2,1-5H3. The van der Waals surface area contributed by atoms with Crippen LogP contribution in [0.2, 0.25) is 0 Å². The Hall–Kier alpha value is -1.13. The van der Waals surface area contributed by atoms with E-state index < -0.39 is 0 Å². The number of carbonyl (C=O) groups is 1. The Balaban J connectivity index is 1.83. The minimum Gasteiger partial charge on any atom is -0.399 e. The molecule has 1 aliphatic heterocycles. The molecule has 2 fully saturated rings. The summed E-state index contributed by atoms with van der Waals surface area (Å²) in [5.74, 6) is 0.280. The number of benzene rings is 1. The molecule has 1 saturated carbocycles. The monoisotopic (exact) mass is 300 g/mol. The molecule has 0 atom stereocenters. The van der Waals surface area contributed by atoms with Crippen molar-refractivity contribution in [2.45, 2.75) is 70.5 Å². The predicted molar refractivity (Wildman–Crippen MR) is 88.4 cm³/mol. The molecule has 0 aromatic heterocycles. The van der Waals surface area contributed by atoms with E-state index >= 15 is 0 Å². The molecule has 3 rings (SSSR count). The van der Waals surface area contributed by atoms with Gasteiger partial charge >= 0.3 is 7.12 Å². The summed E-state index contributed by atoms with van der Waals surface area (Å²) in [6.45, 7) is 9.93. The third-order valence-electron chi connectivity index (χ3n) is 5.87. The molecule has 3 nitrogen and oxygen atoms in total. The number of carbonyl (C=O) groups excluding carboxylic acids is 1. The SMILES string of the molecule is CC(=O)C1(c2ccc(B3OC(C)(C)C(C)(C)O3)cc2)CCC1. The summed E-state index contributed by atoms with van der Waals surface area (Å²) in [4.78, 5) is 12.0. The van der Waals surface area contributed by atoms with Crippen molar-refractivity contribution in [3.05, 3.63) is 29.8 Å². The first kappa shape index (κ1) is 15.8. The van der Waals surface area contributed by atoms with Gasteiger partial charge in [-0.3, -0.25) is 4.79 Å². The molecule has 4 heteroatoms. The van der Waals surface area contributed by atoms with Gasteiger partial charge in [0, 0.05) is 0 Å². The zero-order valence-corrected chi connectivity index (χ0v) is 14.2. The Morgan fingerprint density at radius 1 is 1.00 bits per heavy atom. The van der Waals surface area contributed by atoms with Crippen molar-refractivity contribution in [2.75, 3.05) is 0 Å². The van der Waals surface area contributed by atoms with Crippen molar-refractivity contribution in [2.24, 2.45) is 0 Å². The van der Waals surface area contributed by atoms with Crippen LogP contribution in [0.1, 0.15) is 59.4 Å². The van der Waals surface area contributed by atoms with Crippen LogP contribution in [0.4, 0.5) is 0 Å². The third-order valence-corrected chi connectivity index (χ3v) is 5.87. The van der Waals surface area contributed by atoms with Gasteiger partial charge < -0.3 is 9.31 Å². The molecule has 1 aliphatic carbocycles. The number of Topliss-reactive ketones (excluding diaryl/α,β-unsaturated/α-hetero) is 1. The average molecular weight is 300 g/mol. The van der Waals surface area contributed by atoms with Crippen LogP contribution in [0.5, 0.6) is 0 Å². The highest BCUT2D eigenvalue weighted by Gasteiger charge is 2.51. The maximum atomic E-state index is 12.0. The summed E-state index contributed by atoms with van der Waals surface area (Å²) in [5, 5.41) is 0. The summed E-state index contributed by atoms with van der Waals surface area (Å²) < 4.78 is 12.1. The number of hydrogen-bond donors (Lipinski definition) is 0. The minimum atomic E-state index is -0.339. The van der Waals surface area contributed by atoms with Gasteiger partial charge in [0.05, 0.1) is 16.6 Å². The second-order valence-corrected chi connectivity index (χ2v) is 7.70. The first-order valence-electron chi connectivity index (χ1n) is 8.15. The van der Waals surface area contributed by atoms with Gasteiger partial charge in [0.1, 0.15) is 5.78 Å². The smallest absolute Gasteiger partial charge is 0.399 e. The summed E-state index contributed by atoms with van der Waals surface area (Å²) in [7, 11) is -0.339. The molecule has 118 valence electrons. The molecular weight excluding hydrogens is 275 g/mol. The quantitative estimate of drug-likeness (QED) is 0.805. The molecule has 0 spiro atoms. The van der Waals surface area contributed by atoms with E-state index in [1.807, 2.05) is 12.1 Å². The molecule has 0 unspecified atom stereocenters. The van der Waals surface area contributed by atoms with Crippen LogP contribution in [-0.2, 0) is 19.5 Å². The van der Waals surface area contributed by atoms with E-state index in [0.29, 0.717) is 0 Å². The topological polar surface area (TPSA) is 35.5 Å². The predicted octanol–water partition coefficient (Wildman–Crippen LogP) is 3.00. The van der Waals surface area contributed by atoms with Crippen LogP contribution in [0.15, 0.2) is 24.3 Å². The molecule has 0 bridgehead atoms. The van der Waals surface area contributed by atoms with Gasteiger partial charge in [0.2, 0.25) is 0 Å². The highest BCUT2D eigenvalue weighted by Crippen LogP contribution is 2.44. The molecular formula is C18H25BO3. The lowest BCUT2D eigenvalue weighted by Gasteiger charge is -2.40. The van der Waals surface area contributed by atoms with Gasteiger partial charge in [-0.1, -0.05) is 30.7 Å². The van der Waals surface area contributed by atoms with E-state index in [2.05, 4.69) is 39.8 Å². The summed E-state index contributed by atoms with van der Waals surface area (Å²) >= 11 is 0. The van der Waals surface area contributed by atoms with Crippen LogP contribution < -0.4 is 5.46 Å². The van der Waals surface area contributed by atoms with E-state index in [4.69, 9.17) is 9.31 Å². The van der Waals surface area contributed by atoms with Crippen molar-refractivity contribution >= 4 is 18.4 Å². The highest BCUT2D eigenvalue weighted by molar-refractivity contribution is 6.62. The summed E-state index contributed by atoms with van der Waals surface area (Å²) in [6.07, 6.45) is 3.08. The first-order chi connectivity index (χ1) is 10.2. The van der Waals surface area contributed by atoms with Crippen molar-refractivity contribution in [1.29, 1.82) is 0 Å². The molecule has 0 amide bonds. The maximum absolute atomic E-state index is 12.0. The van der Waals surface area contributed by atoms with Gasteiger partial charge in [-0.05, 0) is 58.5 Å². The summed E-state index contributed by atoms with van der Waals surface area (Å²) in [5.41, 5.74) is 1.25. The highest BCUT2D eigenvalue weighted by atomic mass is 16.7. The molecule has 0 radical (unpaired) electrons. The zero-order valence-electron chi connectivity index (χ0n) is 14.2. The van der Waals surface area contributed by atoms with Crippen molar-refractivity contribution in [3.8, 4) is 0 Å². The van der Waals surface area contributed by atoms with Gasteiger partial charge in [0.15, 0.2) is 0 Å².